The van der Waals surface area contributed by atoms with Crippen LogP contribution in [0.3, 0.4) is 0 Å². The van der Waals surface area contributed by atoms with Crippen molar-refractivity contribution in [2.24, 2.45) is 12.2 Å². The highest BCUT2D eigenvalue weighted by atomic mass is 32.2. The van der Waals surface area contributed by atoms with E-state index in [2.05, 4.69) is 10.4 Å². The zero-order chi connectivity index (χ0) is 22.2. The minimum atomic E-state index is -3.73. The normalized spacial score (nSPS) is 11.8. The van der Waals surface area contributed by atoms with Crippen LogP contribution in [-0.2, 0) is 34.8 Å². The van der Waals surface area contributed by atoms with Crippen LogP contribution in [-0.4, -0.2) is 35.2 Å². The second-order valence-corrected chi connectivity index (χ2v) is 8.80. The van der Waals surface area contributed by atoms with Crippen molar-refractivity contribution in [3.63, 3.8) is 0 Å². The summed E-state index contributed by atoms with van der Waals surface area (Å²) in [6.45, 7) is 0.138. The molecule has 0 unspecified atom stereocenters. The number of nitrogens with zero attached hydrogens (tertiary/aromatic N) is 3. The van der Waals surface area contributed by atoms with Crippen molar-refractivity contribution in [3.05, 3.63) is 70.6 Å². The fourth-order valence-electron chi connectivity index (χ4n) is 3.61. The van der Waals surface area contributed by atoms with Crippen LogP contribution < -0.4 is 16.0 Å². The van der Waals surface area contributed by atoms with Gasteiger partial charge in [0.25, 0.3) is 5.56 Å². The Bertz CT molecular complexity index is 1450. The predicted octanol–water partition coefficient (Wildman–Crippen LogP) is 0.894. The molecular formula is C21H21N5O4S. The summed E-state index contributed by atoms with van der Waals surface area (Å²) < 4.78 is 25.5. The number of nitrogens with one attached hydrogen (secondary N) is 1. The molecule has 0 saturated heterocycles. The highest BCUT2D eigenvalue weighted by Gasteiger charge is 2.15. The van der Waals surface area contributed by atoms with Crippen LogP contribution in [0.4, 0.5) is 0 Å². The Balaban J connectivity index is 1.44. The summed E-state index contributed by atoms with van der Waals surface area (Å²) in [5.41, 5.74) is 1.94. The first-order chi connectivity index (χ1) is 14.8. The number of fused-ring (bicyclic) bond motifs is 3. The van der Waals surface area contributed by atoms with Crippen LogP contribution in [0, 0.1) is 0 Å². The molecule has 9 nitrogen and oxygen atoms in total. The summed E-state index contributed by atoms with van der Waals surface area (Å²) in [4.78, 5) is 25.3. The molecule has 0 spiro atoms. The van der Waals surface area contributed by atoms with Gasteiger partial charge in [0.05, 0.1) is 11.1 Å². The van der Waals surface area contributed by atoms with Gasteiger partial charge in [-0.1, -0.05) is 30.3 Å². The molecule has 2 aromatic heterocycles. The van der Waals surface area contributed by atoms with Gasteiger partial charge >= 0.3 is 0 Å². The Morgan fingerprint density at radius 3 is 2.52 bits per heavy atom. The van der Waals surface area contributed by atoms with Crippen LogP contribution in [0.25, 0.3) is 21.8 Å². The maximum Gasteiger partial charge on any atom is 0.291 e. The van der Waals surface area contributed by atoms with Gasteiger partial charge < -0.3 is 9.88 Å². The fourth-order valence-corrected chi connectivity index (χ4v) is 4.13. The lowest BCUT2D eigenvalue weighted by Gasteiger charge is -2.08. The van der Waals surface area contributed by atoms with E-state index in [9.17, 15) is 18.0 Å². The molecule has 0 radical (unpaired) electrons. The number of rotatable bonds is 6. The second kappa shape index (κ2) is 7.97. The molecule has 0 bridgehead atoms. The minimum absolute atomic E-state index is 0.0365. The standard InChI is InChI=1S/C21H21N5O4S/c1-25-18-5-3-2-4-16(18)17-12-24-26(21(28)20(17)25)13-19(27)23-11-10-14-6-8-15(9-7-14)31(22,29)30/h2-9,12H,10-11,13H2,1H3,(H,23,27)(H2,22,29,30). The highest BCUT2D eigenvalue weighted by molar-refractivity contribution is 7.89. The van der Waals surface area contributed by atoms with Crippen LogP contribution in [0.15, 0.2) is 64.4 Å². The second-order valence-electron chi connectivity index (χ2n) is 7.23. The van der Waals surface area contributed by atoms with E-state index in [0.29, 0.717) is 18.5 Å². The molecule has 10 heteroatoms. The van der Waals surface area contributed by atoms with Gasteiger partial charge in [0, 0.05) is 29.9 Å². The molecule has 0 aliphatic heterocycles. The van der Waals surface area contributed by atoms with Crippen molar-refractivity contribution in [1.29, 1.82) is 0 Å². The average molecular weight is 439 g/mol. The summed E-state index contributed by atoms with van der Waals surface area (Å²) >= 11 is 0. The SMILES string of the molecule is Cn1c2ccccc2c2cnn(CC(=O)NCCc3ccc(S(N)(=O)=O)cc3)c(=O)c21. The van der Waals surface area contributed by atoms with E-state index in [1.165, 1.54) is 12.1 Å². The highest BCUT2D eigenvalue weighted by Crippen LogP contribution is 2.24. The number of sulfonamides is 1. The molecule has 2 aromatic carbocycles. The molecule has 1 amide bonds. The number of aromatic nitrogens is 3. The van der Waals surface area contributed by atoms with Crippen LogP contribution >= 0.6 is 0 Å². The Hall–Kier alpha value is -3.50. The number of carbonyl (C=O) groups excluding carboxylic acids is 1. The Labute approximate surface area is 178 Å². The van der Waals surface area contributed by atoms with Crippen molar-refractivity contribution in [1.82, 2.24) is 19.7 Å². The molecule has 3 N–H and O–H groups in total. The molecule has 0 aliphatic carbocycles. The van der Waals surface area contributed by atoms with E-state index >= 15 is 0 Å². The van der Waals surface area contributed by atoms with Crippen molar-refractivity contribution in [2.75, 3.05) is 6.54 Å². The van der Waals surface area contributed by atoms with Gasteiger partial charge in [0.1, 0.15) is 12.1 Å². The Kier molecular flexibility index (Phi) is 5.34. The number of primary sulfonamides is 1. The zero-order valence-corrected chi connectivity index (χ0v) is 17.6. The number of carbonyl (C=O) groups is 1. The topological polar surface area (TPSA) is 129 Å². The largest absolute Gasteiger partial charge is 0.354 e. The first-order valence-corrected chi connectivity index (χ1v) is 11.1. The van der Waals surface area contributed by atoms with E-state index in [1.54, 1.807) is 18.3 Å². The van der Waals surface area contributed by atoms with Gasteiger partial charge in [-0.25, -0.2) is 18.2 Å². The lowest BCUT2D eigenvalue weighted by Crippen LogP contribution is -2.34. The smallest absolute Gasteiger partial charge is 0.291 e. The summed E-state index contributed by atoms with van der Waals surface area (Å²) in [5.74, 6) is -0.339. The van der Waals surface area contributed by atoms with Crippen LogP contribution in [0.5, 0.6) is 0 Å². The van der Waals surface area contributed by atoms with Crippen molar-refractivity contribution >= 4 is 37.7 Å². The van der Waals surface area contributed by atoms with Crippen molar-refractivity contribution < 1.29 is 13.2 Å². The third-order valence-corrected chi connectivity index (χ3v) is 6.12. The monoisotopic (exact) mass is 439 g/mol. The van der Waals surface area contributed by atoms with Gasteiger partial charge in [-0.05, 0) is 30.2 Å². The first kappa shape index (κ1) is 20.8. The first-order valence-electron chi connectivity index (χ1n) is 9.57. The molecule has 4 aromatic rings. The number of para-hydroxylation sites is 1. The summed E-state index contributed by atoms with van der Waals surface area (Å²) in [6.07, 6.45) is 2.11. The number of nitrogens with two attached hydrogens (primary N) is 1. The lowest BCUT2D eigenvalue weighted by molar-refractivity contribution is -0.121. The summed E-state index contributed by atoms with van der Waals surface area (Å²) in [6, 6.07) is 13.8. The quantitative estimate of drug-likeness (QED) is 0.461. The number of hydrogen-bond donors (Lipinski definition) is 2. The maximum absolute atomic E-state index is 12.9. The van der Waals surface area contributed by atoms with E-state index in [-0.39, 0.29) is 22.9 Å². The molecule has 31 heavy (non-hydrogen) atoms. The molecule has 160 valence electrons. The van der Waals surface area contributed by atoms with E-state index in [1.807, 2.05) is 35.9 Å². The minimum Gasteiger partial charge on any atom is -0.354 e. The van der Waals surface area contributed by atoms with E-state index < -0.39 is 10.0 Å². The Morgan fingerprint density at radius 1 is 1.10 bits per heavy atom. The number of amides is 1. The third kappa shape index (κ3) is 4.07. The molecule has 0 atom stereocenters. The predicted molar refractivity (Wildman–Crippen MR) is 117 cm³/mol. The van der Waals surface area contributed by atoms with E-state index in [0.717, 1.165) is 26.5 Å². The van der Waals surface area contributed by atoms with Crippen molar-refractivity contribution in [2.45, 2.75) is 17.9 Å². The van der Waals surface area contributed by atoms with Gasteiger partial charge in [0.15, 0.2) is 0 Å². The zero-order valence-electron chi connectivity index (χ0n) is 16.8. The molecule has 0 fully saturated rings. The number of aryl methyl sites for hydroxylation is 1. The van der Waals surface area contributed by atoms with Gasteiger partial charge in [-0.15, -0.1) is 0 Å². The molecule has 0 aliphatic rings. The molecule has 2 heterocycles. The molecule has 4 rings (SSSR count). The molecule has 0 saturated carbocycles. The van der Waals surface area contributed by atoms with Gasteiger partial charge in [-0.2, -0.15) is 5.10 Å². The van der Waals surface area contributed by atoms with E-state index in [4.69, 9.17) is 5.14 Å². The van der Waals surface area contributed by atoms with Gasteiger partial charge in [-0.3, -0.25) is 9.59 Å². The van der Waals surface area contributed by atoms with Gasteiger partial charge in [0.2, 0.25) is 15.9 Å². The average Bonchev–Trinajstić information content (AvgIpc) is 3.03. The number of benzene rings is 2. The fraction of sp³-hybridized carbons (Fsp3) is 0.190. The molecular weight excluding hydrogens is 418 g/mol. The van der Waals surface area contributed by atoms with Crippen molar-refractivity contribution in [3.8, 4) is 0 Å². The maximum atomic E-state index is 12.9. The summed E-state index contributed by atoms with van der Waals surface area (Å²) in [5, 5.41) is 13.7. The van der Waals surface area contributed by atoms with Crippen LogP contribution in [0.2, 0.25) is 0 Å². The number of hydrogen-bond acceptors (Lipinski definition) is 5. The van der Waals surface area contributed by atoms with Crippen LogP contribution in [0.1, 0.15) is 5.56 Å². The third-order valence-electron chi connectivity index (χ3n) is 5.19. The lowest BCUT2D eigenvalue weighted by atomic mass is 10.1. The summed E-state index contributed by atoms with van der Waals surface area (Å²) in [7, 11) is -1.91. The Morgan fingerprint density at radius 2 is 1.81 bits per heavy atom.